The zero-order chi connectivity index (χ0) is 29.1. The largest absolute Gasteiger partial charge is 0.477 e. The van der Waals surface area contributed by atoms with Crippen molar-refractivity contribution in [1.82, 2.24) is 14.6 Å². The van der Waals surface area contributed by atoms with E-state index in [2.05, 4.69) is 48.4 Å². The maximum atomic E-state index is 13.9. The number of nitrogens with one attached hydrogen (secondary N) is 1. The van der Waals surface area contributed by atoms with Gasteiger partial charge in [0.1, 0.15) is 5.69 Å². The van der Waals surface area contributed by atoms with Crippen molar-refractivity contribution < 1.29 is 28.2 Å². The molecule has 0 amide bonds. The molecular weight excluding hydrogens is 539 g/mol. The van der Waals surface area contributed by atoms with Crippen molar-refractivity contribution in [2.45, 2.75) is 55.8 Å². The zero-order valence-corrected chi connectivity index (χ0v) is 23.5. The first-order valence-electron chi connectivity index (χ1n) is 13.1. The summed E-state index contributed by atoms with van der Waals surface area (Å²) in [6.45, 7) is 4.88. The Balaban J connectivity index is 1.32. The molecule has 40 heavy (non-hydrogen) atoms. The Morgan fingerprint density at radius 1 is 1.12 bits per heavy atom. The van der Waals surface area contributed by atoms with Gasteiger partial charge in [-0.2, -0.15) is 13.2 Å². The topological polar surface area (TPSA) is 85.7 Å². The summed E-state index contributed by atoms with van der Waals surface area (Å²) in [6.07, 6.45) is -1.11. The zero-order valence-electron chi connectivity index (χ0n) is 22.7. The molecule has 1 aliphatic rings. The molecule has 6 nitrogen and oxygen atoms in total. The molecule has 1 atom stereocenters. The monoisotopic (exact) mass is 573 g/mol. The van der Waals surface area contributed by atoms with Gasteiger partial charge in [0, 0.05) is 35.3 Å². The number of carboxylic acid groups (broad SMARTS) is 1. The van der Waals surface area contributed by atoms with Crippen LogP contribution >= 0.6 is 11.9 Å². The number of halogens is 3. The van der Waals surface area contributed by atoms with E-state index < -0.39 is 23.8 Å². The summed E-state index contributed by atoms with van der Waals surface area (Å²) in [6, 6.07) is 15.0. The molecule has 1 aromatic heterocycles. The van der Waals surface area contributed by atoms with Crippen LogP contribution in [0.3, 0.4) is 0 Å². The molecule has 3 N–H and O–H groups in total. The number of pyridine rings is 1. The van der Waals surface area contributed by atoms with Gasteiger partial charge in [0.2, 0.25) is 0 Å². The van der Waals surface area contributed by atoms with Crippen LogP contribution in [0.4, 0.5) is 13.2 Å². The van der Waals surface area contributed by atoms with E-state index in [1.54, 1.807) is 17.4 Å². The van der Waals surface area contributed by atoms with Crippen molar-refractivity contribution in [2.24, 2.45) is 5.92 Å². The number of aliphatic hydroxyl groups excluding tert-OH is 1. The van der Waals surface area contributed by atoms with Gasteiger partial charge < -0.3 is 15.5 Å². The summed E-state index contributed by atoms with van der Waals surface area (Å²) in [7, 11) is 1.73. The van der Waals surface area contributed by atoms with Crippen LogP contribution in [0.1, 0.15) is 47.4 Å². The predicted molar refractivity (Wildman–Crippen MR) is 150 cm³/mol. The second-order valence-corrected chi connectivity index (χ2v) is 12.3. The van der Waals surface area contributed by atoms with Crippen molar-refractivity contribution >= 4 is 17.9 Å². The first-order valence-corrected chi connectivity index (χ1v) is 13.9. The Hall–Kier alpha value is -2.92. The van der Waals surface area contributed by atoms with Gasteiger partial charge in [-0.05, 0) is 92.9 Å². The van der Waals surface area contributed by atoms with E-state index in [1.807, 2.05) is 0 Å². The van der Waals surface area contributed by atoms with Crippen LogP contribution in [0.15, 0.2) is 65.7 Å². The quantitative estimate of drug-likeness (QED) is 0.245. The lowest BCUT2D eigenvalue weighted by atomic mass is 9.88. The molecule has 0 aliphatic heterocycles. The van der Waals surface area contributed by atoms with Gasteiger partial charge in [0.25, 0.3) is 0 Å². The first-order chi connectivity index (χ1) is 18.8. The van der Waals surface area contributed by atoms with Gasteiger partial charge in [0.15, 0.2) is 0 Å². The fourth-order valence-electron chi connectivity index (χ4n) is 5.31. The molecule has 0 bridgehead atoms. The van der Waals surface area contributed by atoms with Crippen LogP contribution in [-0.4, -0.2) is 57.3 Å². The minimum atomic E-state index is -4.62. The van der Waals surface area contributed by atoms with E-state index in [-0.39, 0.29) is 28.9 Å². The molecule has 2 aromatic carbocycles. The highest BCUT2D eigenvalue weighted by Gasteiger charge is 2.34. The third kappa shape index (κ3) is 7.84. The maximum absolute atomic E-state index is 13.9. The molecule has 0 radical (unpaired) electrons. The summed E-state index contributed by atoms with van der Waals surface area (Å²) in [5.41, 5.74) is 1.66. The number of aromatic carboxylic acids is 1. The van der Waals surface area contributed by atoms with Crippen LogP contribution in [0.5, 0.6) is 0 Å². The van der Waals surface area contributed by atoms with Crippen LogP contribution in [0.2, 0.25) is 0 Å². The van der Waals surface area contributed by atoms with Gasteiger partial charge in [-0.3, -0.25) is 0 Å². The minimum Gasteiger partial charge on any atom is -0.477 e. The highest BCUT2D eigenvalue weighted by Crippen LogP contribution is 2.39. The fourth-order valence-corrected chi connectivity index (χ4v) is 6.21. The summed E-state index contributed by atoms with van der Waals surface area (Å²) in [5, 5.41) is 23.1. The number of β-amino-alcohol motifs (C(OH)–C–C–N with tert-alkyl or cyclic N) is 1. The van der Waals surface area contributed by atoms with Crippen molar-refractivity contribution in [1.29, 1.82) is 0 Å². The number of benzene rings is 2. The Bertz CT molecular complexity index is 1310. The van der Waals surface area contributed by atoms with E-state index >= 15 is 0 Å². The van der Waals surface area contributed by atoms with Gasteiger partial charge in [-0.15, -0.1) is 0 Å². The Kier molecular flexibility index (Phi) is 9.24. The number of hydrogen-bond acceptors (Lipinski definition) is 6. The summed E-state index contributed by atoms with van der Waals surface area (Å²) in [4.78, 5) is 15.1. The molecular formula is C30H34F3N3O3S. The fraction of sp³-hybridized carbons (Fsp3) is 0.400. The second-order valence-electron chi connectivity index (χ2n) is 11.0. The summed E-state index contributed by atoms with van der Waals surface area (Å²) >= 11 is 1.12. The Labute approximate surface area is 236 Å². The third-order valence-electron chi connectivity index (χ3n) is 7.07. The SMILES string of the molecule is CN(C[C@H](O)CNC(C)(C)CC1Cc2ccccc2C1)Sc1ccc(-c2ccc(C(=O)O)nc2)c(C(F)(F)F)c1. The standard InChI is InChI=1S/C30H34F3N3O3S/c1-29(2,15-19-12-20-6-4-5-7-21(20)13-19)35-17-23(37)18-36(3)40-24-9-10-25(26(14-24)30(31,32)33)22-8-11-27(28(38)39)34-16-22/h4-11,14,16,19,23,35,37H,12-13,15,17-18H2,1-3H3,(H,38,39)/t23-/m1/s1. The van der Waals surface area contributed by atoms with Crippen molar-refractivity contribution in [3.63, 3.8) is 0 Å². The molecule has 214 valence electrons. The average Bonchev–Trinajstić information content (AvgIpc) is 3.28. The van der Waals surface area contributed by atoms with Crippen LogP contribution < -0.4 is 5.32 Å². The highest BCUT2D eigenvalue weighted by atomic mass is 32.2. The maximum Gasteiger partial charge on any atom is 0.417 e. The lowest BCUT2D eigenvalue weighted by Gasteiger charge is -2.31. The summed E-state index contributed by atoms with van der Waals surface area (Å²) < 4.78 is 43.5. The molecule has 3 aromatic rings. The van der Waals surface area contributed by atoms with E-state index in [4.69, 9.17) is 5.11 Å². The predicted octanol–water partition coefficient (Wildman–Crippen LogP) is 5.94. The van der Waals surface area contributed by atoms with Crippen molar-refractivity contribution in [2.75, 3.05) is 20.1 Å². The number of hydrogen-bond donors (Lipinski definition) is 3. The first kappa shape index (κ1) is 30.0. The van der Waals surface area contributed by atoms with Gasteiger partial charge >= 0.3 is 12.1 Å². The second kappa shape index (κ2) is 12.3. The van der Waals surface area contributed by atoms with Gasteiger partial charge in [0.05, 0.1) is 11.7 Å². The number of alkyl halides is 3. The third-order valence-corrected chi connectivity index (χ3v) is 8.00. The average molecular weight is 574 g/mol. The molecule has 10 heteroatoms. The lowest BCUT2D eigenvalue weighted by molar-refractivity contribution is -0.137. The van der Waals surface area contributed by atoms with E-state index in [0.717, 1.165) is 43.5 Å². The molecule has 0 fully saturated rings. The lowest BCUT2D eigenvalue weighted by Crippen LogP contribution is -2.46. The van der Waals surface area contributed by atoms with Crippen LogP contribution in [-0.2, 0) is 19.0 Å². The van der Waals surface area contributed by atoms with Crippen molar-refractivity contribution in [3.8, 4) is 11.1 Å². The smallest absolute Gasteiger partial charge is 0.417 e. The van der Waals surface area contributed by atoms with E-state index in [9.17, 15) is 23.1 Å². The van der Waals surface area contributed by atoms with Gasteiger partial charge in [-0.1, -0.05) is 36.4 Å². The van der Waals surface area contributed by atoms with Gasteiger partial charge in [-0.25, -0.2) is 14.1 Å². The molecule has 0 saturated heterocycles. The number of nitrogens with zero attached hydrogens (tertiary/aromatic N) is 2. The number of aromatic nitrogens is 1. The van der Waals surface area contributed by atoms with E-state index in [0.29, 0.717) is 17.4 Å². The Morgan fingerprint density at radius 2 is 1.80 bits per heavy atom. The molecule has 4 rings (SSSR count). The number of likely N-dealkylation sites (N-methyl/N-ethyl adjacent to an activating group) is 1. The molecule has 0 saturated carbocycles. The number of carboxylic acids is 1. The molecule has 1 heterocycles. The molecule has 0 unspecified atom stereocenters. The van der Waals surface area contributed by atoms with Crippen LogP contribution in [0.25, 0.3) is 11.1 Å². The number of carbonyl (C=O) groups is 1. The normalized spacial score (nSPS) is 14.9. The van der Waals surface area contributed by atoms with E-state index in [1.165, 1.54) is 29.3 Å². The van der Waals surface area contributed by atoms with Crippen molar-refractivity contribution in [3.05, 3.63) is 83.2 Å². The molecule has 1 aliphatic carbocycles. The highest BCUT2D eigenvalue weighted by molar-refractivity contribution is 7.97. The minimum absolute atomic E-state index is 0.0826. The summed E-state index contributed by atoms with van der Waals surface area (Å²) in [5.74, 6) is -0.704. The number of fused-ring (bicyclic) bond motifs is 1. The van der Waals surface area contributed by atoms with Crippen LogP contribution in [0, 0.1) is 5.92 Å². The number of rotatable bonds is 11. The number of aliphatic hydroxyl groups is 1. The molecule has 0 spiro atoms. The Morgan fingerprint density at radius 3 is 2.38 bits per heavy atom.